The molecule has 1 amide bonds. The van der Waals surface area contributed by atoms with Crippen LogP contribution in [0.5, 0.6) is 5.75 Å². The SMILES string of the molecule is NC(=O)c1cc(Cl)ccc1-c1ccc(O)cc1. The van der Waals surface area contributed by atoms with E-state index in [1.54, 1.807) is 36.4 Å². The normalized spacial score (nSPS) is 10.2. The van der Waals surface area contributed by atoms with E-state index in [0.29, 0.717) is 16.1 Å². The summed E-state index contributed by atoms with van der Waals surface area (Å²) in [6, 6.07) is 11.5. The number of carbonyl (C=O) groups is 1. The molecule has 2 aromatic rings. The van der Waals surface area contributed by atoms with E-state index in [0.717, 1.165) is 5.56 Å². The third kappa shape index (κ3) is 2.40. The average Bonchev–Trinajstić information content (AvgIpc) is 2.30. The molecule has 0 saturated carbocycles. The first kappa shape index (κ1) is 11.5. The van der Waals surface area contributed by atoms with Gasteiger partial charge in [0.2, 0.25) is 5.91 Å². The predicted molar refractivity (Wildman–Crippen MR) is 67.1 cm³/mol. The number of nitrogens with two attached hydrogens (primary N) is 1. The first-order valence-electron chi connectivity index (χ1n) is 4.96. The highest BCUT2D eigenvalue weighted by Crippen LogP contribution is 2.27. The maximum atomic E-state index is 11.3. The van der Waals surface area contributed by atoms with Crippen molar-refractivity contribution in [2.75, 3.05) is 0 Å². The topological polar surface area (TPSA) is 63.3 Å². The summed E-state index contributed by atoms with van der Waals surface area (Å²) in [5.74, 6) is -0.362. The van der Waals surface area contributed by atoms with Crippen LogP contribution in [0, 0.1) is 0 Å². The number of rotatable bonds is 2. The standard InChI is InChI=1S/C13H10ClNO2/c14-9-3-6-11(12(7-9)13(15)17)8-1-4-10(16)5-2-8/h1-7,16H,(H2,15,17). The molecule has 4 heteroatoms. The van der Waals surface area contributed by atoms with Gasteiger partial charge in [0.15, 0.2) is 0 Å². The minimum Gasteiger partial charge on any atom is -0.508 e. The van der Waals surface area contributed by atoms with Crippen molar-refractivity contribution in [3.63, 3.8) is 0 Å². The van der Waals surface area contributed by atoms with Crippen molar-refractivity contribution in [2.24, 2.45) is 5.73 Å². The van der Waals surface area contributed by atoms with Gasteiger partial charge in [-0.15, -0.1) is 0 Å². The Morgan fingerprint density at radius 1 is 1.12 bits per heavy atom. The average molecular weight is 248 g/mol. The predicted octanol–water partition coefficient (Wildman–Crippen LogP) is 2.81. The molecule has 0 bridgehead atoms. The molecule has 86 valence electrons. The van der Waals surface area contributed by atoms with E-state index in [1.807, 2.05) is 0 Å². The highest BCUT2D eigenvalue weighted by Gasteiger charge is 2.10. The summed E-state index contributed by atoms with van der Waals surface area (Å²) >= 11 is 5.83. The third-order valence-corrected chi connectivity index (χ3v) is 2.66. The zero-order chi connectivity index (χ0) is 12.4. The molecule has 3 N–H and O–H groups in total. The number of phenolic OH excluding ortho intramolecular Hbond substituents is 1. The van der Waals surface area contributed by atoms with Crippen LogP contribution in [0.3, 0.4) is 0 Å². The summed E-state index contributed by atoms with van der Waals surface area (Å²) < 4.78 is 0. The van der Waals surface area contributed by atoms with Gasteiger partial charge in [-0.25, -0.2) is 0 Å². The van der Waals surface area contributed by atoms with Gasteiger partial charge in [0.05, 0.1) is 0 Å². The quantitative estimate of drug-likeness (QED) is 0.857. The minimum atomic E-state index is -0.532. The fourth-order valence-corrected chi connectivity index (χ4v) is 1.79. The highest BCUT2D eigenvalue weighted by atomic mass is 35.5. The molecule has 3 nitrogen and oxygen atoms in total. The van der Waals surface area contributed by atoms with Crippen molar-refractivity contribution in [3.8, 4) is 16.9 Å². The summed E-state index contributed by atoms with van der Waals surface area (Å²) in [6.45, 7) is 0. The molecule has 0 unspecified atom stereocenters. The van der Waals surface area contributed by atoms with Crippen LogP contribution in [0.2, 0.25) is 5.02 Å². The molecule has 0 heterocycles. The molecular weight excluding hydrogens is 238 g/mol. The molecule has 0 fully saturated rings. The molecule has 0 aromatic heterocycles. The third-order valence-electron chi connectivity index (χ3n) is 2.43. The van der Waals surface area contributed by atoms with Crippen LogP contribution in [0.15, 0.2) is 42.5 Å². The van der Waals surface area contributed by atoms with Crippen molar-refractivity contribution in [1.82, 2.24) is 0 Å². The second-order valence-electron chi connectivity index (χ2n) is 3.60. The summed E-state index contributed by atoms with van der Waals surface area (Å²) in [6.07, 6.45) is 0. The van der Waals surface area contributed by atoms with E-state index in [4.69, 9.17) is 17.3 Å². The molecule has 0 radical (unpaired) electrons. The van der Waals surface area contributed by atoms with Gasteiger partial charge in [0.1, 0.15) is 5.75 Å². The molecule has 0 aliphatic rings. The van der Waals surface area contributed by atoms with E-state index in [9.17, 15) is 9.90 Å². The molecular formula is C13H10ClNO2. The molecule has 0 aliphatic carbocycles. The Morgan fingerprint density at radius 2 is 1.76 bits per heavy atom. The Morgan fingerprint density at radius 3 is 2.35 bits per heavy atom. The van der Waals surface area contributed by atoms with E-state index in [1.165, 1.54) is 6.07 Å². The summed E-state index contributed by atoms with van der Waals surface area (Å²) in [5.41, 5.74) is 7.16. The fourth-order valence-electron chi connectivity index (χ4n) is 1.61. The van der Waals surface area contributed by atoms with Crippen LogP contribution >= 0.6 is 11.6 Å². The summed E-state index contributed by atoms with van der Waals surface area (Å²) in [7, 11) is 0. The Balaban J connectivity index is 2.58. The van der Waals surface area contributed by atoms with Gasteiger partial charge in [-0.2, -0.15) is 0 Å². The zero-order valence-corrected chi connectivity index (χ0v) is 9.61. The van der Waals surface area contributed by atoms with Gasteiger partial charge in [-0.05, 0) is 35.4 Å². The number of carbonyl (C=O) groups excluding carboxylic acids is 1. The van der Waals surface area contributed by atoms with Crippen LogP contribution in [-0.4, -0.2) is 11.0 Å². The molecule has 0 spiro atoms. The molecule has 0 aliphatic heterocycles. The second kappa shape index (κ2) is 4.47. The van der Waals surface area contributed by atoms with Crippen LogP contribution in [0.4, 0.5) is 0 Å². The van der Waals surface area contributed by atoms with Gasteiger partial charge >= 0.3 is 0 Å². The first-order chi connectivity index (χ1) is 8.08. The fraction of sp³-hybridized carbons (Fsp3) is 0. The number of amides is 1. The smallest absolute Gasteiger partial charge is 0.249 e. The van der Waals surface area contributed by atoms with Gasteiger partial charge in [0.25, 0.3) is 0 Å². The molecule has 17 heavy (non-hydrogen) atoms. The van der Waals surface area contributed by atoms with Crippen LogP contribution < -0.4 is 5.73 Å². The van der Waals surface area contributed by atoms with Crippen molar-refractivity contribution in [1.29, 1.82) is 0 Å². The summed E-state index contributed by atoms with van der Waals surface area (Å²) in [4.78, 5) is 11.3. The second-order valence-corrected chi connectivity index (χ2v) is 4.04. The number of benzene rings is 2. The first-order valence-corrected chi connectivity index (χ1v) is 5.34. The van der Waals surface area contributed by atoms with Crippen molar-refractivity contribution in [3.05, 3.63) is 53.1 Å². The number of phenols is 1. The Bertz CT molecular complexity index is 564. The van der Waals surface area contributed by atoms with Gasteiger partial charge < -0.3 is 10.8 Å². The lowest BCUT2D eigenvalue weighted by atomic mass is 9.99. The van der Waals surface area contributed by atoms with Crippen LogP contribution in [0.25, 0.3) is 11.1 Å². The lowest BCUT2D eigenvalue weighted by molar-refractivity contribution is 0.100. The lowest BCUT2D eigenvalue weighted by Gasteiger charge is -2.07. The molecule has 2 aromatic carbocycles. The Hall–Kier alpha value is -2.00. The number of aromatic hydroxyl groups is 1. The van der Waals surface area contributed by atoms with E-state index in [-0.39, 0.29) is 5.75 Å². The molecule has 0 atom stereocenters. The van der Waals surface area contributed by atoms with E-state index >= 15 is 0 Å². The van der Waals surface area contributed by atoms with Gasteiger partial charge in [-0.3, -0.25) is 4.79 Å². The number of primary amides is 1. The van der Waals surface area contributed by atoms with Crippen LogP contribution in [0.1, 0.15) is 10.4 Å². The van der Waals surface area contributed by atoms with Gasteiger partial charge in [-0.1, -0.05) is 29.8 Å². The number of halogens is 1. The number of hydrogen-bond donors (Lipinski definition) is 2. The molecule has 2 rings (SSSR count). The maximum Gasteiger partial charge on any atom is 0.249 e. The largest absolute Gasteiger partial charge is 0.508 e. The number of hydrogen-bond acceptors (Lipinski definition) is 2. The molecule has 0 saturated heterocycles. The Kier molecular flexibility index (Phi) is 3.02. The van der Waals surface area contributed by atoms with Gasteiger partial charge in [0, 0.05) is 10.6 Å². The minimum absolute atomic E-state index is 0.170. The zero-order valence-electron chi connectivity index (χ0n) is 8.85. The lowest BCUT2D eigenvalue weighted by Crippen LogP contribution is -2.12. The Labute approximate surface area is 103 Å². The van der Waals surface area contributed by atoms with Crippen LogP contribution in [-0.2, 0) is 0 Å². The summed E-state index contributed by atoms with van der Waals surface area (Å²) in [5, 5.41) is 9.67. The maximum absolute atomic E-state index is 11.3. The van der Waals surface area contributed by atoms with E-state index in [2.05, 4.69) is 0 Å². The van der Waals surface area contributed by atoms with Crippen molar-refractivity contribution in [2.45, 2.75) is 0 Å². The monoisotopic (exact) mass is 247 g/mol. The van der Waals surface area contributed by atoms with Crippen molar-refractivity contribution >= 4 is 17.5 Å². The van der Waals surface area contributed by atoms with E-state index < -0.39 is 5.91 Å². The highest BCUT2D eigenvalue weighted by molar-refractivity contribution is 6.31. The van der Waals surface area contributed by atoms with Crippen molar-refractivity contribution < 1.29 is 9.90 Å².